The standard InChI is InChI=1S/C73H98Br2O/c1-10-18-23-25-42-72(51-54(16-7)28-21-13-4)67-45-56(32-38-63(67)65-40-36-61(74)49-69(65)72)30-34-58-48-71(76-9)59(47-60(58)44-53(15-6)27-20-12-3)35-31-57-33-39-64-66-41-37-62(75)50-70(66)73(68(64)46-57,43-26-24-19-11-2)52-55(17-8)29-22-14-5/h30-41,45-50,53-55H,10-29,42-44,51-52H2,1-9H3/b34-30+,35-31+. The molecule has 76 heavy (non-hydrogen) atoms. The molecule has 0 aliphatic heterocycles. The zero-order chi connectivity index (χ0) is 54.1. The largest absolute Gasteiger partial charge is 0.496 e. The van der Waals surface area contributed by atoms with Gasteiger partial charge in [-0.25, -0.2) is 0 Å². The van der Waals surface area contributed by atoms with Crippen LogP contribution in [-0.4, -0.2) is 7.11 Å². The first-order chi connectivity index (χ1) is 37.0. The smallest absolute Gasteiger partial charge is 0.126 e. The van der Waals surface area contributed by atoms with Crippen molar-refractivity contribution in [1.29, 1.82) is 0 Å². The molecule has 0 amide bonds. The normalized spacial score (nSPS) is 17.8. The molecule has 1 nitrogen and oxygen atoms in total. The van der Waals surface area contributed by atoms with Crippen LogP contribution in [0.25, 0.3) is 46.6 Å². The molecule has 0 bridgehead atoms. The molecule has 0 saturated heterocycles. The molecular weight excluding hydrogens is 1050 g/mol. The van der Waals surface area contributed by atoms with Gasteiger partial charge in [-0.05, 0) is 153 Å². The van der Waals surface area contributed by atoms with E-state index in [1.54, 1.807) is 22.3 Å². The highest BCUT2D eigenvalue weighted by Crippen LogP contribution is 2.58. The van der Waals surface area contributed by atoms with Crippen molar-refractivity contribution < 1.29 is 4.74 Å². The zero-order valence-corrected chi connectivity index (χ0v) is 52.1. The van der Waals surface area contributed by atoms with Gasteiger partial charge in [-0.3, -0.25) is 0 Å². The molecule has 7 rings (SSSR count). The fourth-order valence-corrected chi connectivity index (χ4v) is 14.6. The summed E-state index contributed by atoms with van der Waals surface area (Å²) >= 11 is 7.89. The van der Waals surface area contributed by atoms with Gasteiger partial charge in [0.2, 0.25) is 0 Å². The van der Waals surface area contributed by atoms with Crippen LogP contribution in [0.1, 0.15) is 260 Å². The minimum absolute atomic E-state index is 0.00953. The fourth-order valence-electron chi connectivity index (χ4n) is 13.9. The second-order valence-corrected chi connectivity index (χ2v) is 25.4. The molecule has 5 aromatic rings. The lowest BCUT2D eigenvalue weighted by Crippen LogP contribution is -2.29. The molecule has 0 aromatic heterocycles. The first kappa shape index (κ1) is 60.0. The van der Waals surface area contributed by atoms with Gasteiger partial charge in [0.25, 0.3) is 0 Å². The first-order valence-corrected chi connectivity index (χ1v) is 32.6. The van der Waals surface area contributed by atoms with Crippen molar-refractivity contribution in [2.75, 3.05) is 7.11 Å². The molecule has 410 valence electrons. The predicted octanol–water partition coefficient (Wildman–Crippen LogP) is 24.0. The van der Waals surface area contributed by atoms with Crippen LogP contribution in [0.2, 0.25) is 0 Å². The predicted molar refractivity (Wildman–Crippen MR) is 342 cm³/mol. The third kappa shape index (κ3) is 14.2. The lowest BCUT2D eigenvalue weighted by molar-refractivity contribution is 0.311. The van der Waals surface area contributed by atoms with E-state index in [4.69, 9.17) is 4.74 Å². The number of ether oxygens (including phenoxy) is 1. The zero-order valence-electron chi connectivity index (χ0n) is 49.0. The van der Waals surface area contributed by atoms with Crippen LogP contribution in [0, 0.1) is 17.8 Å². The van der Waals surface area contributed by atoms with Gasteiger partial charge in [-0.1, -0.05) is 289 Å². The summed E-state index contributed by atoms with van der Waals surface area (Å²) in [5, 5.41) is 0. The van der Waals surface area contributed by atoms with Crippen molar-refractivity contribution >= 4 is 56.2 Å². The Kier molecular flexibility index (Phi) is 23.3. The molecule has 0 N–H and O–H groups in total. The topological polar surface area (TPSA) is 9.23 Å². The van der Waals surface area contributed by atoms with Crippen LogP contribution in [-0.2, 0) is 17.3 Å². The number of fused-ring (bicyclic) bond motifs is 6. The van der Waals surface area contributed by atoms with E-state index in [-0.39, 0.29) is 10.8 Å². The number of rotatable bonds is 33. The van der Waals surface area contributed by atoms with E-state index in [9.17, 15) is 0 Å². The lowest BCUT2D eigenvalue weighted by Gasteiger charge is -2.36. The monoisotopic (exact) mass is 1150 g/mol. The Morgan fingerprint density at radius 2 is 0.829 bits per heavy atom. The van der Waals surface area contributed by atoms with E-state index in [0.29, 0.717) is 17.8 Å². The van der Waals surface area contributed by atoms with Crippen molar-refractivity contribution in [2.24, 2.45) is 17.8 Å². The molecule has 3 heteroatoms. The second-order valence-electron chi connectivity index (χ2n) is 23.6. The Morgan fingerprint density at radius 1 is 0.421 bits per heavy atom. The van der Waals surface area contributed by atoms with Crippen LogP contribution >= 0.6 is 31.9 Å². The van der Waals surface area contributed by atoms with E-state index < -0.39 is 0 Å². The van der Waals surface area contributed by atoms with Gasteiger partial charge in [0.05, 0.1) is 7.11 Å². The molecular formula is C73H98Br2O. The molecule has 2 aliphatic rings. The van der Waals surface area contributed by atoms with E-state index in [0.717, 1.165) is 17.7 Å². The van der Waals surface area contributed by atoms with Crippen molar-refractivity contribution in [2.45, 2.75) is 227 Å². The van der Waals surface area contributed by atoms with Crippen molar-refractivity contribution in [1.82, 2.24) is 0 Å². The quantitative estimate of drug-likeness (QED) is 0.0300. The van der Waals surface area contributed by atoms with E-state index in [2.05, 4.69) is 196 Å². The molecule has 0 saturated carbocycles. The summed E-state index contributed by atoms with van der Waals surface area (Å²) < 4.78 is 8.75. The molecule has 5 aromatic carbocycles. The van der Waals surface area contributed by atoms with Crippen LogP contribution in [0.15, 0.2) is 93.9 Å². The highest BCUT2D eigenvalue weighted by Gasteiger charge is 2.45. The highest BCUT2D eigenvalue weighted by molar-refractivity contribution is 9.10. The highest BCUT2D eigenvalue weighted by atomic mass is 79.9. The van der Waals surface area contributed by atoms with Gasteiger partial charge in [-0.2, -0.15) is 0 Å². The van der Waals surface area contributed by atoms with Crippen LogP contribution in [0.3, 0.4) is 0 Å². The van der Waals surface area contributed by atoms with Crippen LogP contribution in [0.5, 0.6) is 5.75 Å². The maximum atomic E-state index is 6.36. The molecule has 0 heterocycles. The molecule has 0 radical (unpaired) electrons. The number of benzene rings is 5. The van der Waals surface area contributed by atoms with Crippen molar-refractivity contribution in [3.63, 3.8) is 0 Å². The Bertz CT molecular complexity index is 2690. The summed E-state index contributed by atoms with van der Waals surface area (Å²) in [4.78, 5) is 0. The van der Waals surface area contributed by atoms with E-state index in [1.165, 1.54) is 208 Å². The number of methoxy groups -OCH3 is 1. The van der Waals surface area contributed by atoms with Crippen LogP contribution < -0.4 is 4.74 Å². The maximum absolute atomic E-state index is 6.36. The average molecular weight is 1150 g/mol. The summed E-state index contributed by atoms with van der Waals surface area (Å²) in [6.07, 6.45) is 40.9. The summed E-state index contributed by atoms with van der Waals surface area (Å²) in [5.74, 6) is 2.98. The molecule has 0 fully saturated rings. The summed E-state index contributed by atoms with van der Waals surface area (Å²) in [6, 6.07) is 33.9. The third-order valence-corrected chi connectivity index (χ3v) is 19.4. The van der Waals surface area contributed by atoms with Crippen LogP contribution in [0.4, 0.5) is 0 Å². The van der Waals surface area contributed by atoms with Gasteiger partial charge in [0, 0.05) is 25.3 Å². The van der Waals surface area contributed by atoms with Gasteiger partial charge < -0.3 is 4.74 Å². The Morgan fingerprint density at radius 3 is 1.25 bits per heavy atom. The lowest BCUT2D eigenvalue weighted by atomic mass is 9.67. The number of hydrogen-bond donors (Lipinski definition) is 0. The second kappa shape index (κ2) is 29.5. The molecule has 5 unspecified atom stereocenters. The fraction of sp³-hybridized carbons (Fsp3) is 0.534. The summed E-state index contributed by atoms with van der Waals surface area (Å²) in [7, 11) is 1.86. The van der Waals surface area contributed by atoms with Crippen molar-refractivity contribution in [3.8, 4) is 28.0 Å². The minimum Gasteiger partial charge on any atom is -0.496 e. The Hall–Kier alpha value is -3.66. The van der Waals surface area contributed by atoms with Crippen molar-refractivity contribution in [3.05, 3.63) is 144 Å². The number of unbranched alkanes of at least 4 members (excludes halogenated alkanes) is 9. The first-order valence-electron chi connectivity index (χ1n) is 31.0. The summed E-state index contributed by atoms with van der Waals surface area (Å²) in [5.41, 5.74) is 18.4. The third-order valence-electron chi connectivity index (χ3n) is 18.4. The van der Waals surface area contributed by atoms with E-state index in [1.807, 2.05) is 7.11 Å². The van der Waals surface area contributed by atoms with Gasteiger partial charge in [-0.15, -0.1) is 0 Å². The van der Waals surface area contributed by atoms with E-state index >= 15 is 0 Å². The summed E-state index contributed by atoms with van der Waals surface area (Å²) in [6.45, 7) is 19.0. The SMILES string of the molecule is CCCCCCC1(CC(CC)CCCC)c2cc(Br)ccc2-c2ccc(/C=C/c3cc(OC)c(/C=C/c4ccc5c(c4)C(CCCCCC)(CC(CC)CCCC)c4cc(Br)ccc4-5)cc3CC(CC)CCCC)cc21. The average Bonchev–Trinajstić information content (AvgIpc) is 3.87. The molecule has 5 atom stereocenters. The maximum Gasteiger partial charge on any atom is 0.126 e. The van der Waals surface area contributed by atoms with Gasteiger partial charge in [0.1, 0.15) is 5.75 Å². The Balaban J connectivity index is 1.29. The number of halogens is 2. The molecule has 0 spiro atoms. The Labute approximate surface area is 481 Å². The minimum atomic E-state index is 0.00953. The van der Waals surface area contributed by atoms with Gasteiger partial charge in [0.15, 0.2) is 0 Å². The van der Waals surface area contributed by atoms with Gasteiger partial charge >= 0.3 is 0 Å². The number of hydrogen-bond acceptors (Lipinski definition) is 1. The molecule has 2 aliphatic carbocycles.